The second kappa shape index (κ2) is 7.61. The highest BCUT2D eigenvalue weighted by molar-refractivity contribution is 5.76. The maximum atomic E-state index is 13.1. The zero-order valence-corrected chi connectivity index (χ0v) is 13.1. The van der Waals surface area contributed by atoms with E-state index in [1.807, 2.05) is 0 Å². The van der Waals surface area contributed by atoms with Crippen molar-refractivity contribution in [2.24, 2.45) is 0 Å². The predicted octanol–water partition coefficient (Wildman–Crippen LogP) is 2.66. The van der Waals surface area contributed by atoms with E-state index in [2.05, 4.69) is 20.4 Å². The Morgan fingerprint density at radius 1 is 1.20 bits per heavy atom. The van der Waals surface area contributed by atoms with Gasteiger partial charge in [-0.2, -0.15) is 4.98 Å². The lowest BCUT2D eigenvalue weighted by Gasteiger charge is -2.05. The molecule has 1 N–H and O–H groups in total. The van der Waals surface area contributed by atoms with Crippen LogP contribution in [-0.4, -0.2) is 21.0 Å². The van der Waals surface area contributed by atoms with Gasteiger partial charge in [-0.15, -0.1) is 0 Å². The number of nitrogens with one attached hydrogen (secondary N) is 1. The minimum Gasteiger partial charge on any atom is -0.352 e. The number of benzene rings is 1. The van der Waals surface area contributed by atoms with Crippen LogP contribution in [0.2, 0.25) is 0 Å². The van der Waals surface area contributed by atoms with Crippen LogP contribution >= 0.6 is 0 Å². The first kappa shape index (κ1) is 16.7. The number of aromatic nitrogens is 3. The van der Waals surface area contributed by atoms with Crippen LogP contribution in [0.3, 0.4) is 0 Å². The van der Waals surface area contributed by atoms with Gasteiger partial charge in [-0.3, -0.25) is 9.78 Å². The van der Waals surface area contributed by atoms with Crippen molar-refractivity contribution in [1.82, 2.24) is 20.4 Å². The standard InChI is InChI=1S/C17H14F2N4O2/c18-13-6-11(7-14(19)8-13)9-21-15(24)3-4-16-22-17(23-25-16)12-2-1-5-20-10-12/h1-2,5-8,10H,3-4,9H2,(H,21,24). The van der Waals surface area contributed by atoms with Crippen molar-refractivity contribution in [3.8, 4) is 11.4 Å². The normalized spacial score (nSPS) is 10.6. The Balaban J connectivity index is 1.50. The van der Waals surface area contributed by atoms with Gasteiger partial charge in [0.2, 0.25) is 17.6 Å². The van der Waals surface area contributed by atoms with Crippen molar-refractivity contribution < 1.29 is 18.1 Å². The van der Waals surface area contributed by atoms with E-state index in [0.717, 1.165) is 11.6 Å². The molecule has 3 aromatic rings. The number of carbonyl (C=O) groups is 1. The minimum absolute atomic E-state index is 0.0400. The number of nitrogens with zero attached hydrogens (tertiary/aromatic N) is 3. The number of aryl methyl sites for hydroxylation is 1. The maximum absolute atomic E-state index is 13.1. The molecule has 25 heavy (non-hydrogen) atoms. The highest BCUT2D eigenvalue weighted by Crippen LogP contribution is 2.14. The summed E-state index contributed by atoms with van der Waals surface area (Å²) >= 11 is 0. The summed E-state index contributed by atoms with van der Waals surface area (Å²) in [4.78, 5) is 20.0. The molecule has 0 spiro atoms. The lowest BCUT2D eigenvalue weighted by molar-refractivity contribution is -0.121. The van der Waals surface area contributed by atoms with Crippen molar-refractivity contribution in [1.29, 1.82) is 0 Å². The van der Waals surface area contributed by atoms with Crippen molar-refractivity contribution >= 4 is 5.91 Å². The van der Waals surface area contributed by atoms with Crippen LogP contribution in [0.1, 0.15) is 17.9 Å². The Hall–Kier alpha value is -3.16. The number of hydrogen-bond donors (Lipinski definition) is 1. The second-order valence-corrected chi connectivity index (χ2v) is 5.31. The van der Waals surface area contributed by atoms with Gasteiger partial charge in [0.25, 0.3) is 0 Å². The Kier molecular flexibility index (Phi) is 5.08. The van der Waals surface area contributed by atoms with Gasteiger partial charge in [-0.05, 0) is 29.8 Å². The third-order valence-corrected chi connectivity index (χ3v) is 3.37. The zero-order valence-electron chi connectivity index (χ0n) is 13.1. The van der Waals surface area contributed by atoms with Gasteiger partial charge in [0.05, 0.1) is 0 Å². The first-order valence-corrected chi connectivity index (χ1v) is 7.55. The van der Waals surface area contributed by atoms with Crippen molar-refractivity contribution in [2.75, 3.05) is 0 Å². The molecular formula is C17H14F2N4O2. The quantitative estimate of drug-likeness (QED) is 0.743. The largest absolute Gasteiger partial charge is 0.352 e. The average Bonchev–Trinajstić information content (AvgIpc) is 3.07. The van der Waals surface area contributed by atoms with Gasteiger partial charge in [0, 0.05) is 43.4 Å². The molecule has 0 aliphatic heterocycles. The molecule has 3 rings (SSSR count). The third kappa shape index (κ3) is 4.66. The van der Waals surface area contributed by atoms with E-state index < -0.39 is 11.6 Å². The maximum Gasteiger partial charge on any atom is 0.227 e. The number of carbonyl (C=O) groups excluding carboxylic acids is 1. The SMILES string of the molecule is O=C(CCc1nc(-c2cccnc2)no1)NCc1cc(F)cc(F)c1. The molecule has 8 heteroatoms. The molecule has 0 unspecified atom stereocenters. The summed E-state index contributed by atoms with van der Waals surface area (Å²) in [5.41, 5.74) is 1.07. The molecule has 0 aliphatic carbocycles. The zero-order chi connectivity index (χ0) is 17.6. The van der Waals surface area contributed by atoms with E-state index in [1.165, 1.54) is 12.1 Å². The summed E-state index contributed by atoms with van der Waals surface area (Å²) in [6.45, 7) is 0.0400. The van der Waals surface area contributed by atoms with Gasteiger partial charge < -0.3 is 9.84 Å². The first-order valence-electron chi connectivity index (χ1n) is 7.55. The van der Waals surface area contributed by atoms with E-state index >= 15 is 0 Å². The van der Waals surface area contributed by atoms with Crippen LogP contribution in [0.25, 0.3) is 11.4 Å². The summed E-state index contributed by atoms with van der Waals surface area (Å²) < 4.78 is 31.3. The molecular weight excluding hydrogens is 330 g/mol. The van der Waals surface area contributed by atoms with Crippen LogP contribution in [0.5, 0.6) is 0 Å². The molecule has 0 radical (unpaired) electrons. The van der Waals surface area contributed by atoms with E-state index in [4.69, 9.17) is 4.52 Å². The highest BCUT2D eigenvalue weighted by atomic mass is 19.1. The molecule has 2 heterocycles. The Bertz CT molecular complexity index is 848. The molecule has 0 bridgehead atoms. The van der Waals surface area contributed by atoms with E-state index in [0.29, 0.717) is 17.3 Å². The molecule has 128 valence electrons. The number of amides is 1. The summed E-state index contributed by atoms with van der Waals surface area (Å²) in [6.07, 6.45) is 3.63. The molecule has 0 fully saturated rings. The lowest BCUT2D eigenvalue weighted by atomic mass is 10.2. The van der Waals surface area contributed by atoms with Gasteiger partial charge in [-0.25, -0.2) is 8.78 Å². The molecule has 0 aliphatic rings. The van der Waals surface area contributed by atoms with Crippen molar-refractivity contribution in [3.63, 3.8) is 0 Å². The smallest absolute Gasteiger partial charge is 0.227 e. The Labute approximate surface area is 141 Å². The summed E-state index contributed by atoms with van der Waals surface area (Å²) in [5.74, 6) is -0.925. The fraction of sp³-hybridized carbons (Fsp3) is 0.176. The lowest BCUT2D eigenvalue weighted by Crippen LogP contribution is -2.23. The van der Waals surface area contributed by atoms with Crippen molar-refractivity contribution in [3.05, 3.63) is 65.8 Å². The predicted molar refractivity (Wildman–Crippen MR) is 84.1 cm³/mol. The monoisotopic (exact) mass is 344 g/mol. The van der Waals surface area contributed by atoms with Crippen LogP contribution in [0.15, 0.2) is 47.2 Å². The second-order valence-electron chi connectivity index (χ2n) is 5.31. The fourth-order valence-electron chi connectivity index (χ4n) is 2.19. The van der Waals surface area contributed by atoms with Crippen LogP contribution in [-0.2, 0) is 17.8 Å². The van der Waals surface area contributed by atoms with Crippen LogP contribution in [0, 0.1) is 11.6 Å². The Morgan fingerprint density at radius 3 is 2.72 bits per heavy atom. The van der Waals surface area contributed by atoms with Gasteiger partial charge in [-0.1, -0.05) is 5.16 Å². The van der Waals surface area contributed by atoms with Crippen molar-refractivity contribution in [2.45, 2.75) is 19.4 Å². The van der Waals surface area contributed by atoms with E-state index in [1.54, 1.807) is 24.5 Å². The molecule has 6 nitrogen and oxygen atoms in total. The summed E-state index contributed by atoms with van der Waals surface area (Å²) in [6, 6.07) is 6.67. The molecule has 0 saturated carbocycles. The number of pyridine rings is 1. The molecule has 2 aromatic heterocycles. The molecule has 1 aromatic carbocycles. The fourth-order valence-corrected chi connectivity index (χ4v) is 2.19. The molecule has 0 atom stereocenters. The van der Waals surface area contributed by atoms with Gasteiger partial charge >= 0.3 is 0 Å². The molecule has 1 amide bonds. The first-order chi connectivity index (χ1) is 12.1. The summed E-state index contributed by atoms with van der Waals surface area (Å²) in [7, 11) is 0. The van der Waals surface area contributed by atoms with E-state index in [9.17, 15) is 13.6 Å². The number of hydrogen-bond acceptors (Lipinski definition) is 5. The number of halogens is 2. The van der Waals surface area contributed by atoms with Gasteiger partial charge in [0.15, 0.2) is 0 Å². The van der Waals surface area contributed by atoms with E-state index in [-0.39, 0.29) is 25.3 Å². The average molecular weight is 344 g/mol. The van der Waals surface area contributed by atoms with Crippen LogP contribution < -0.4 is 5.32 Å². The summed E-state index contributed by atoms with van der Waals surface area (Å²) in [5, 5.41) is 6.43. The molecule has 0 saturated heterocycles. The minimum atomic E-state index is -0.682. The van der Waals surface area contributed by atoms with Crippen LogP contribution in [0.4, 0.5) is 8.78 Å². The highest BCUT2D eigenvalue weighted by Gasteiger charge is 2.11. The Morgan fingerprint density at radius 2 is 2.00 bits per heavy atom. The topological polar surface area (TPSA) is 80.9 Å². The number of rotatable bonds is 6. The third-order valence-electron chi connectivity index (χ3n) is 3.37. The van der Waals surface area contributed by atoms with Gasteiger partial charge in [0.1, 0.15) is 11.6 Å².